The third-order valence-electron chi connectivity index (χ3n) is 16.3. The number of esters is 1. The first-order valence-corrected chi connectivity index (χ1v) is 37.3. The maximum Gasteiger partial charge on any atom is 0.408 e. The first-order valence-electron chi connectivity index (χ1n) is 36.2. The molecule has 6 atom stereocenters. The van der Waals surface area contributed by atoms with E-state index in [-0.39, 0.29) is 53.7 Å². The molecule has 0 aliphatic carbocycles. The zero-order chi connectivity index (χ0) is 78.2. The van der Waals surface area contributed by atoms with E-state index >= 15 is 0 Å². The number of ketones is 1. The molecular formula is C89H102ClN7O12S. The highest BCUT2D eigenvalue weighted by molar-refractivity contribution is 7.84. The molecule has 0 aromatic heterocycles. The molecule has 0 unspecified atom stereocenters. The molecule has 0 spiro atoms. The fourth-order valence-electron chi connectivity index (χ4n) is 9.99. The van der Waals surface area contributed by atoms with Crippen LogP contribution in [0.2, 0.25) is 0 Å². The fourth-order valence-corrected chi connectivity index (χ4v) is 10.8. The van der Waals surface area contributed by atoms with Gasteiger partial charge in [0, 0.05) is 17.2 Å². The molecule has 6 N–H and O–H groups in total. The number of halogens is 1. The van der Waals surface area contributed by atoms with Gasteiger partial charge in [0.05, 0.1) is 46.8 Å². The summed E-state index contributed by atoms with van der Waals surface area (Å²) in [6, 6.07) is 88.3. The van der Waals surface area contributed by atoms with Crippen LogP contribution in [0.25, 0.3) is 0 Å². The number of benzene rings is 10. The van der Waals surface area contributed by atoms with Gasteiger partial charge in [-0.05, 0) is 199 Å². The number of isocyanates is 1. The molecular weight excluding hydrogens is 1430 g/mol. The summed E-state index contributed by atoms with van der Waals surface area (Å²) in [6.07, 6.45) is 0.957. The SMILES string of the molecule is CC(=O)c1ccc(OCc2ccccc2)cc1.CC(C)OC(=O)[C@@H](CN1CN=CN1)OC(=O)N[C@@H](C)c1ccc(OCc2ccccc2)cc1.C[C@H](N=C=O)c1ccc(OCc2ccccc2)cc1.C[C@H](N[S@@](=O)C(C)(C)C)c1ccc(OCc2ccccc2)cc1.C[C@H]([NH3+])c1ccc(OCc2ccccc2)cc1.[Cl-]. The number of nitrogens with zero attached hydrogens (tertiary/aromatic N) is 3. The van der Waals surface area contributed by atoms with Gasteiger partial charge in [0.15, 0.2) is 5.78 Å². The Kier molecular flexibility index (Phi) is 37.9. The Morgan fingerprint density at radius 1 is 0.500 bits per heavy atom. The van der Waals surface area contributed by atoms with Crippen molar-refractivity contribution in [2.75, 3.05) is 13.2 Å². The molecule has 1 amide bonds. The summed E-state index contributed by atoms with van der Waals surface area (Å²) in [5.74, 6) is 3.50. The minimum atomic E-state index is -1.09. The molecule has 1 aliphatic rings. The number of rotatable bonds is 29. The summed E-state index contributed by atoms with van der Waals surface area (Å²) >= 11 is 0. The molecule has 11 rings (SSSR count). The molecule has 19 nitrogen and oxygen atoms in total. The number of Topliss-reactive ketones (excluding diaryl/α,β-unsaturated/α-hetero) is 1. The molecule has 0 radical (unpaired) electrons. The second-order valence-electron chi connectivity index (χ2n) is 26.8. The molecule has 578 valence electrons. The van der Waals surface area contributed by atoms with Crippen LogP contribution in [-0.2, 0) is 63.1 Å². The van der Waals surface area contributed by atoms with E-state index in [0.29, 0.717) is 51.3 Å². The van der Waals surface area contributed by atoms with Crippen molar-refractivity contribution in [1.29, 1.82) is 0 Å². The molecule has 1 heterocycles. The summed E-state index contributed by atoms with van der Waals surface area (Å²) in [6.45, 7) is 21.9. The standard InChI is InChI=1S/C24H30N4O5.C19H25NO2S.C16H15NO2.C15H17NO.C15H14O2.ClH/c1-17(2)32-23(29)22(13-28-16-25-15-26-28)33-24(30)27-18(3)20-9-11-21(12-10-20)31-14-19-7-5-4-6-8-19;1-15(20-23(21)19(2,3)4)17-10-12-18(13-11-17)22-14-16-8-6-5-7-9-16;1-13(17-12-18)15-7-9-16(10-8-15)19-11-14-5-3-2-4-6-14;2*1-12(16)14-7-9-15(10-8-14)17-11-13-5-3-2-4-6-13;/h4-12,15,17-18,22H,13-14,16H2,1-3H3,(H,25,26)(H,27,30);5-13,15,20H,14H2,1-4H3;2-10,13H,11H2,1H3;2-10,12H,11,16H2,1H3;2-10H,11H2,1H3;1H/t18-,22+;15-,23-;13-;12-;;/m0000../s1. The number of aliphatic imine (C=N–C) groups is 2. The smallest absolute Gasteiger partial charge is 0.408 e. The summed E-state index contributed by atoms with van der Waals surface area (Å²) in [4.78, 5) is 53.9. The Morgan fingerprint density at radius 2 is 0.836 bits per heavy atom. The lowest BCUT2D eigenvalue weighted by Gasteiger charge is -2.23. The third kappa shape index (κ3) is 33.1. The number of carbonyl (C=O) groups is 3. The second kappa shape index (κ2) is 47.6. The molecule has 0 saturated heterocycles. The fraction of sp³-hybridized carbons (Fsp3) is 0.270. The van der Waals surface area contributed by atoms with Gasteiger partial charge in [-0.1, -0.05) is 188 Å². The van der Waals surface area contributed by atoms with Crippen LogP contribution >= 0.6 is 0 Å². The monoisotopic (exact) mass is 1530 g/mol. The van der Waals surface area contributed by atoms with Crippen molar-refractivity contribution in [3.63, 3.8) is 0 Å². The van der Waals surface area contributed by atoms with Gasteiger partial charge in [-0.15, -0.1) is 0 Å². The minimum absolute atomic E-state index is 0. The van der Waals surface area contributed by atoms with Crippen molar-refractivity contribution < 1.29 is 74.7 Å². The first-order chi connectivity index (χ1) is 52.6. The van der Waals surface area contributed by atoms with Crippen molar-refractivity contribution >= 4 is 41.2 Å². The number of hydrogen-bond acceptors (Lipinski definition) is 16. The van der Waals surface area contributed by atoms with Gasteiger partial charge in [-0.25, -0.2) is 23.3 Å². The van der Waals surface area contributed by atoms with Crippen molar-refractivity contribution in [1.82, 2.24) is 20.5 Å². The Balaban J connectivity index is 0.000000220. The third-order valence-corrected chi connectivity index (χ3v) is 18.0. The highest BCUT2D eigenvalue weighted by atomic mass is 35.5. The van der Waals surface area contributed by atoms with Gasteiger partial charge in [-0.2, -0.15) is 10.0 Å². The van der Waals surface area contributed by atoms with Gasteiger partial charge >= 0.3 is 12.1 Å². The van der Waals surface area contributed by atoms with E-state index in [0.717, 1.165) is 67.7 Å². The number of nitrogens with one attached hydrogen (secondary N) is 3. The quantitative estimate of drug-likeness (QED) is 0.0148. The predicted octanol–water partition coefficient (Wildman–Crippen LogP) is 14.3. The lowest BCUT2D eigenvalue weighted by atomic mass is 10.1. The van der Waals surface area contributed by atoms with Crippen molar-refractivity contribution in [2.24, 2.45) is 9.98 Å². The van der Waals surface area contributed by atoms with Crippen LogP contribution in [0.4, 0.5) is 4.79 Å². The van der Waals surface area contributed by atoms with E-state index < -0.39 is 29.2 Å². The molecule has 0 bridgehead atoms. The van der Waals surface area contributed by atoms with Crippen LogP contribution in [0.1, 0.15) is 154 Å². The van der Waals surface area contributed by atoms with Gasteiger partial charge in [-0.3, -0.25) is 9.79 Å². The van der Waals surface area contributed by atoms with E-state index in [1.54, 1.807) is 44.0 Å². The number of amides is 1. The van der Waals surface area contributed by atoms with Gasteiger partial charge in [0.1, 0.15) is 74.5 Å². The molecule has 0 fully saturated rings. The topological polar surface area (TPSA) is 242 Å². The summed E-state index contributed by atoms with van der Waals surface area (Å²) in [5, 5.41) is 4.41. The Labute approximate surface area is 656 Å². The van der Waals surface area contributed by atoms with E-state index in [1.807, 2.05) is 278 Å². The Hall–Kier alpha value is -11.2. The Morgan fingerprint density at radius 3 is 1.15 bits per heavy atom. The van der Waals surface area contributed by atoms with Crippen molar-refractivity contribution in [3.05, 3.63) is 329 Å². The Bertz CT molecular complexity index is 4360. The number of quaternary nitrogens is 1. The second-order valence-corrected chi connectivity index (χ2v) is 28.8. The number of hydrazine groups is 1. The zero-order valence-corrected chi connectivity index (χ0v) is 65.8. The zero-order valence-electron chi connectivity index (χ0n) is 64.2. The van der Waals surface area contributed by atoms with Crippen LogP contribution in [0.5, 0.6) is 28.7 Å². The van der Waals surface area contributed by atoms with Crippen molar-refractivity contribution in [3.8, 4) is 28.7 Å². The highest BCUT2D eigenvalue weighted by Gasteiger charge is 2.30. The van der Waals surface area contributed by atoms with Crippen molar-refractivity contribution in [2.45, 2.75) is 143 Å². The summed E-state index contributed by atoms with van der Waals surface area (Å²) in [7, 11) is -1.08. The van der Waals surface area contributed by atoms with Crippen LogP contribution in [0.3, 0.4) is 0 Å². The van der Waals surface area contributed by atoms with Crippen LogP contribution < -0.4 is 57.3 Å². The largest absolute Gasteiger partial charge is 1.00 e. The molecule has 10 aromatic rings. The van der Waals surface area contributed by atoms with E-state index in [9.17, 15) is 23.4 Å². The summed E-state index contributed by atoms with van der Waals surface area (Å²) in [5.41, 5.74) is 17.4. The lowest BCUT2D eigenvalue weighted by Crippen LogP contribution is -3.00. The predicted molar refractivity (Wildman–Crippen MR) is 430 cm³/mol. The normalized spacial score (nSPS) is 12.8. The minimum Gasteiger partial charge on any atom is -1.00 e. The van der Waals surface area contributed by atoms with E-state index in [4.69, 9.17) is 33.2 Å². The van der Waals surface area contributed by atoms with Crippen LogP contribution in [0.15, 0.2) is 283 Å². The van der Waals surface area contributed by atoms with Gasteiger partial charge < -0.3 is 62.0 Å². The number of hydrogen-bond donors (Lipinski definition) is 4. The highest BCUT2D eigenvalue weighted by Crippen LogP contribution is 2.25. The average molecular weight is 1530 g/mol. The van der Waals surface area contributed by atoms with Crippen LogP contribution in [0, 0.1) is 0 Å². The first kappa shape index (κ1) is 87.7. The van der Waals surface area contributed by atoms with Crippen LogP contribution in [-0.4, -0.2) is 69.7 Å². The molecule has 1 aliphatic heterocycles. The molecule has 110 heavy (non-hydrogen) atoms. The van der Waals surface area contributed by atoms with Gasteiger partial charge in [0.2, 0.25) is 12.2 Å². The van der Waals surface area contributed by atoms with E-state index in [2.05, 4.69) is 62.4 Å². The number of alkyl carbamates (subject to hydrolysis) is 1. The van der Waals surface area contributed by atoms with Gasteiger partial charge in [0.25, 0.3) is 0 Å². The number of ether oxygens (including phenoxy) is 7. The van der Waals surface area contributed by atoms with E-state index in [1.165, 1.54) is 17.5 Å². The maximum atomic E-state index is 12.5. The molecule has 21 heteroatoms. The number of carbonyl (C=O) groups excluding carboxylic acids is 4. The summed E-state index contributed by atoms with van der Waals surface area (Å²) < 4.78 is 54.2. The average Bonchev–Trinajstić information content (AvgIpc) is 0.954. The molecule has 10 aromatic carbocycles. The molecule has 0 saturated carbocycles. The maximum absolute atomic E-state index is 12.5. The lowest BCUT2D eigenvalue weighted by molar-refractivity contribution is -0.420.